The molecule has 110 valence electrons. The van der Waals surface area contributed by atoms with Crippen LogP contribution < -0.4 is 5.32 Å². The molecule has 0 bridgehead atoms. The summed E-state index contributed by atoms with van der Waals surface area (Å²) in [5, 5.41) is 11.4. The molecular formula is C11H20N2O5S. The maximum atomic E-state index is 11.7. The summed E-state index contributed by atoms with van der Waals surface area (Å²) in [6.45, 7) is 4.03. The van der Waals surface area contributed by atoms with E-state index in [2.05, 4.69) is 5.32 Å². The highest BCUT2D eigenvalue weighted by Gasteiger charge is 2.37. The SMILES string of the molecule is CC(CS(C)(=O)=O)NC(=O)N1CC(C(C)C(=O)O)C1. The molecule has 2 unspecified atom stereocenters. The highest BCUT2D eigenvalue weighted by molar-refractivity contribution is 7.90. The molecule has 1 aliphatic rings. The lowest BCUT2D eigenvalue weighted by Gasteiger charge is -2.41. The molecular weight excluding hydrogens is 272 g/mol. The van der Waals surface area contributed by atoms with Crippen LogP contribution in [0.2, 0.25) is 0 Å². The zero-order valence-electron chi connectivity index (χ0n) is 11.3. The van der Waals surface area contributed by atoms with Gasteiger partial charge in [0.05, 0.1) is 11.7 Å². The number of urea groups is 1. The zero-order chi connectivity index (χ0) is 14.8. The third-order valence-electron chi connectivity index (χ3n) is 3.22. The van der Waals surface area contributed by atoms with E-state index in [1.807, 2.05) is 0 Å². The van der Waals surface area contributed by atoms with Crippen molar-refractivity contribution in [1.29, 1.82) is 0 Å². The van der Waals surface area contributed by atoms with Crippen molar-refractivity contribution < 1.29 is 23.1 Å². The van der Waals surface area contributed by atoms with E-state index in [0.29, 0.717) is 13.1 Å². The first-order valence-electron chi connectivity index (χ1n) is 6.06. The van der Waals surface area contributed by atoms with Gasteiger partial charge in [0.2, 0.25) is 0 Å². The van der Waals surface area contributed by atoms with E-state index < -0.39 is 27.8 Å². The first-order valence-corrected chi connectivity index (χ1v) is 8.12. The van der Waals surface area contributed by atoms with Crippen LogP contribution in [0.25, 0.3) is 0 Å². The predicted molar refractivity (Wildman–Crippen MR) is 69.6 cm³/mol. The number of nitrogens with one attached hydrogen (secondary N) is 1. The Morgan fingerprint density at radius 1 is 1.37 bits per heavy atom. The monoisotopic (exact) mass is 292 g/mol. The zero-order valence-corrected chi connectivity index (χ0v) is 12.1. The second kappa shape index (κ2) is 5.77. The van der Waals surface area contributed by atoms with Crippen molar-refractivity contribution in [2.75, 3.05) is 25.1 Å². The Morgan fingerprint density at radius 2 is 1.89 bits per heavy atom. The quantitative estimate of drug-likeness (QED) is 0.729. The standard InChI is InChI=1S/C11H20N2O5S/c1-7(6-19(3,17)18)12-11(16)13-4-9(5-13)8(2)10(14)15/h7-9H,4-6H2,1-3H3,(H,12,16)(H,14,15). The second-order valence-electron chi connectivity index (χ2n) is 5.23. The van der Waals surface area contributed by atoms with Gasteiger partial charge < -0.3 is 15.3 Å². The Hall–Kier alpha value is -1.31. The van der Waals surface area contributed by atoms with Crippen molar-refractivity contribution in [2.45, 2.75) is 19.9 Å². The van der Waals surface area contributed by atoms with E-state index in [4.69, 9.17) is 5.11 Å². The van der Waals surface area contributed by atoms with Gasteiger partial charge in [-0.15, -0.1) is 0 Å². The number of likely N-dealkylation sites (tertiary alicyclic amines) is 1. The Kier molecular flexibility index (Phi) is 4.78. The minimum Gasteiger partial charge on any atom is -0.481 e. The summed E-state index contributed by atoms with van der Waals surface area (Å²) in [6.07, 6.45) is 1.11. The number of carbonyl (C=O) groups excluding carboxylic acids is 1. The number of aliphatic carboxylic acids is 1. The molecule has 19 heavy (non-hydrogen) atoms. The summed E-state index contributed by atoms with van der Waals surface area (Å²) in [7, 11) is -3.13. The van der Waals surface area contributed by atoms with Crippen molar-refractivity contribution in [1.82, 2.24) is 10.2 Å². The Morgan fingerprint density at radius 3 is 2.32 bits per heavy atom. The molecule has 1 aliphatic heterocycles. The number of hydrogen-bond donors (Lipinski definition) is 2. The van der Waals surface area contributed by atoms with E-state index in [1.165, 1.54) is 4.90 Å². The average molecular weight is 292 g/mol. The topological polar surface area (TPSA) is 104 Å². The summed E-state index contributed by atoms with van der Waals surface area (Å²) in [4.78, 5) is 24.0. The van der Waals surface area contributed by atoms with Gasteiger partial charge in [-0.25, -0.2) is 13.2 Å². The lowest BCUT2D eigenvalue weighted by Crippen LogP contribution is -2.58. The van der Waals surface area contributed by atoms with Crippen LogP contribution in [0.3, 0.4) is 0 Å². The van der Waals surface area contributed by atoms with Gasteiger partial charge in [0.15, 0.2) is 0 Å². The Balaban J connectivity index is 2.36. The van der Waals surface area contributed by atoms with Crippen LogP contribution in [0.15, 0.2) is 0 Å². The van der Waals surface area contributed by atoms with Crippen molar-refractivity contribution in [2.24, 2.45) is 11.8 Å². The molecule has 2 atom stereocenters. The van der Waals surface area contributed by atoms with E-state index in [1.54, 1.807) is 13.8 Å². The maximum absolute atomic E-state index is 11.7. The Labute approximate surface area is 112 Å². The number of carbonyl (C=O) groups is 2. The molecule has 0 saturated carbocycles. The summed E-state index contributed by atoms with van der Waals surface area (Å²) in [5.74, 6) is -1.48. The first-order chi connectivity index (χ1) is 8.60. The molecule has 0 aromatic carbocycles. The predicted octanol–water partition coefficient (Wildman–Crippen LogP) is -0.218. The molecule has 1 fully saturated rings. The first kappa shape index (κ1) is 15.7. The molecule has 0 radical (unpaired) electrons. The van der Waals surface area contributed by atoms with E-state index in [9.17, 15) is 18.0 Å². The molecule has 2 N–H and O–H groups in total. The van der Waals surface area contributed by atoms with Crippen LogP contribution in [0.4, 0.5) is 4.79 Å². The molecule has 1 rings (SSSR count). The number of rotatable bonds is 5. The normalized spacial score (nSPS) is 19.4. The number of nitrogens with zero attached hydrogens (tertiary/aromatic N) is 1. The van der Waals surface area contributed by atoms with Crippen LogP contribution >= 0.6 is 0 Å². The largest absolute Gasteiger partial charge is 0.481 e. The lowest BCUT2D eigenvalue weighted by atomic mass is 9.87. The van der Waals surface area contributed by atoms with Crippen molar-refractivity contribution in [3.63, 3.8) is 0 Å². The van der Waals surface area contributed by atoms with Gasteiger partial charge in [-0.2, -0.15) is 0 Å². The fourth-order valence-corrected chi connectivity index (χ4v) is 2.99. The lowest BCUT2D eigenvalue weighted by molar-refractivity contribution is -0.144. The highest BCUT2D eigenvalue weighted by Crippen LogP contribution is 2.23. The van der Waals surface area contributed by atoms with Crippen molar-refractivity contribution >= 4 is 21.8 Å². The summed E-state index contributed by atoms with van der Waals surface area (Å²) in [6, 6.07) is -0.802. The van der Waals surface area contributed by atoms with Gasteiger partial charge in [-0.3, -0.25) is 4.79 Å². The maximum Gasteiger partial charge on any atom is 0.317 e. The van der Waals surface area contributed by atoms with Gasteiger partial charge in [-0.1, -0.05) is 6.92 Å². The number of sulfone groups is 1. The minimum absolute atomic E-state index is 0.0338. The van der Waals surface area contributed by atoms with Crippen LogP contribution in [0, 0.1) is 11.8 Å². The molecule has 2 amide bonds. The fourth-order valence-electron chi connectivity index (χ4n) is 1.99. The number of carboxylic acid groups (broad SMARTS) is 1. The molecule has 8 heteroatoms. The molecule has 7 nitrogen and oxygen atoms in total. The molecule has 0 aromatic heterocycles. The fraction of sp³-hybridized carbons (Fsp3) is 0.818. The summed E-state index contributed by atoms with van der Waals surface area (Å²) in [5.41, 5.74) is 0. The average Bonchev–Trinajstić information content (AvgIpc) is 2.10. The number of hydrogen-bond acceptors (Lipinski definition) is 4. The number of carboxylic acids is 1. The van der Waals surface area contributed by atoms with Crippen molar-refractivity contribution in [3.8, 4) is 0 Å². The molecule has 1 saturated heterocycles. The minimum atomic E-state index is -3.13. The molecule has 0 spiro atoms. The molecule has 1 heterocycles. The van der Waals surface area contributed by atoms with Crippen LogP contribution in [-0.4, -0.2) is 61.6 Å². The van der Waals surface area contributed by atoms with E-state index in [0.717, 1.165) is 6.26 Å². The van der Waals surface area contributed by atoms with E-state index >= 15 is 0 Å². The van der Waals surface area contributed by atoms with Crippen LogP contribution in [0.1, 0.15) is 13.8 Å². The molecule has 0 aliphatic carbocycles. The highest BCUT2D eigenvalue weighted by atomic mass is 32.2. The third kappa shape index (κ3) is 4.70. The number of amides is 2. The molecule has 0 aromatic rings. The van der Waals surface area contributed by atoms with Gasteiger partial charge in [0.1, 0.15) is 9.84 Å². The van der Waals surface area contributed by atoms with Gasteiger partial charge in [-0.05, 0) is 6.92 Å². The van der Waals surface area contributed by atoms with E-state index in [-0.39, 0.29) is 17.7 Å². The van der Waals surface area contributed by atoms with Crippen LogP contribution in [-0.2, 0) is 14.6 Å². The summed E-state index contributed by atoms with van der Waals surface area (Å²) >= 11 is 0. The van der Waals surface area contributed by atoms with Crippen LogP contribution in [0.5, 0.6) is 0 Å². The van der Waals surface area contributed by atoms with Crippen molar-refractivity contribution in [3.05, 3.63) is 0 Å². The van der Waals surface area contributed by atoms with Gasteiger partial charge >= 0.3 is 12.0 Å². The van der Waals surface area contributed by atoms with Gasteiger partial charge in [0.25, 0.3) is 0 Å². The summed E-state index contributed by atoms with van der Waals surface area (Å²) < 4.78 is 22.1. The second-order valence-corrected chi connectivity index (χ2v) is 7.42. The Bertz CT molecular complexity index is 456. The third-order valence-corrected chi connectivity index (χ3v) is 4.32. The smallest absolute Gasteiger partial charge is 0.317 e. The van der Waals surface area contributed by atoms with Gasteiger partial charge in [0, 0.05) is 31.3 Å².